The quantitative estimate of drug-likeness (QED) is 0.578. The molecular formula is C13H16N2O3. The molecule has 0 fully saturated rings. The molecule has 5 heteroatoms. The summed E-state index contributed by atoms with van der Waals surface area (Å²) in [5.74, 6) is -0.492. The zero-order chi connectivity index (χ0) is 13.4. The summed E-state index contributed by atoms with van der Waals surface area (Å²) in [6, 6.07) is 3.65. The van der Waals surface area contributed by atoms with Crippen LogP contribution in [-0.4, -0.2) is 42.5 Å². The van der Waals surface area contributed by atoms with E-state index in [1.807, 2.05) is 6.07 Å². The first-order valence-electron chi connectivity index (χ1n) is 5.53. The van der Waals surface area contributed by atoms with Crippen LogP contribution in [0.25, 0.3) is 6.08 Å². The van der Waals surface area contributed by atoms with Gasteiger partial charge < -0.3 is 9.64 Å². The van der Waals surface area contributed by atoms with Crippen LogP contribution in [0.2, 0.25) is 0 Å². The van der Waals surface area contributed by atoms with E-state index in [4.69, 9.17) is 0 Å². The molecule has 96 valence electrons. The number of carbonyl (C=O) groups is 2. The van der Waals surface area contributed by atoms with E-state index >= 15 is 0 Å². The molecular weight excluding hydrogens is 232 g/mol. The van der Waals surface area contributed by atoms with Gasteiger partial charge in [-0.05, 0) is 17.7 Å². The number of amides is 1. The van der Waals surface area contributed by atoms with Gasteiger partial charge in [-0.15, -0.1) is 0 Å². The van der Waals surface area contributed by atoms with Crippen molar-refractivity contribution in [2.45, 2.75) is 6.42 Å². The Kier molecular flexibility index (Phi) is 5.57. The third-order valence-corrected chi connectivity index (χ3v) is 2.36. The van der Waals surface area contributed by atoms with Crippen molar-refractivity contribution >= 4 is 18.0 Å². The minimum atomic E-state index is -0.328. The molecule has 0 saturated carbocycles. The number of pyridine rings is 1. The summed E-state index contributed by atoms with van der Waals surface area (Å²) in [4.78, 5) is 28.0. The molecule has 1 rings (SSSR count). The molecule has 0 atom stereocenters. The number of aromatic nitrogens is 1. The van der Waals surface area contributed by atoms with Gasteiger partial charge in [0.25, 0.3) is 0 Å². The summed E-state index contributed by atoms with van der Waals surface area (Å²) in [6.07, 6.45) is 6.66. The fourth-order valence-corrected chi connectivity index (χ4v) is 1.24. The first-order valence-corrected chi connectivity index (χ1v) is 5.53. The van der Waals surface area contributed by atoms with Gasteiger partial charge in [0, 0.05) is 32.1 Å². The fourth-order valence-electron chi connectivity index (χ4n) is 1.24. The lowest BCUT2D eigenvalue weighted by Gasteiger charge is -2.13. The molecule has 0 aliphatic heterocycles. The van der Waals surface area contributed by atoms with E-state index in [2.05, 4.69) is 9.72 Å². The van der Waals surface area contributed by atoms with Crippen LogP contribution in [0.3, 0.4) is 0 Å². The van der Waals surface area contributed by atoms with Crippen molar-refractivity contribution in [1.29, 1.82) is 0 Å². The number of ether oxygens (including phenoxy) is 1. The third kappa shape index (κ3) is 4.78. The van der Waals surface area contributed by atoms with Gasteiger partial charge in [0.2, 0.25) is 5.91 Å². The Labute approximate surface area is 106 Å². The van der Waals surface area contributed by atoms with Gasteiger partial charge in [-0.1, -0.05) is 6.07 Å². The zero-order valence-corrected chi connectivity index (χ0v) is 10.5. The normalized spacial score (nSPS) is 10.3. The third-order valence-electron chi connectivity index (χ3n) is 2.36. The highest BCUT2D eigenvalue weighted by molar-refractivity contribution is 5.91. The van der Waals surface area contributed by atoms with Crippen molar-refractivity contribution in [2.24, 2.45) is 0 Å². The molecule has 1 amide bonds. The average Bonchev–Trinajstić information content (AvgIpc) is 2.42. The maximum absolute atomic E-state index is 11.7. The summed E-state index contributed by atoms with van der Waals surface area (Å²) in [6.45, 7) is 0.336. The predicted octanol–water partition coefficient (Wildman–Crippen LogP) is 1.12. The largest absolute Gasteiger partial charge is 0.469 e. The van der Waals surface area contributed by atoms with Gasteiger partial charge in [-0.3, -0.25) is 14.6 Å². The molecule has 0 spiro atoms. The van der Waals surface area contributed by atoms with Crippen LogP contribution >= 0.6 is 0 Å². The minimum absolute atomic E-state index is 0.164. The van der Waals surface area contributed by atoms with E-state index in [9.17, 15) is 9.59 Å². The van der Waals surface area contributed by atoms with Crippen LogP contribution in [0.4, 0.5) is 0 Å². The first-order chi connectivity index (χ1) is 8.63. The van der Waals surface area contributed by atoms with Gasteiger partial charge in [-0.25, -0.2) is 0 Å². The summed E-state index contributed by atoms with van der Waals surface area (Å²) in [5, 5.41) is 0. The number of hydrogen-bond donors (Lipinski definition) is 0. The molecule has 0 aromatic carbocycles. The van der Waals surface area contributed by atoms with Crippen molar-refractivity contribution in [3.63, 3.8) is 0 Å². The predicted molar refractivity (Wildman–Crippen MR) is 67.5 cm³/mol. The Hall–Kier alpha value is -2.17. The molecule has 0 saturated heterocycles. The van der Waals surface area contributed by atoms with Crippen molar-refractivity contribution in [2.75, 3.05) is 20.7 Å². The molecule has 0 radical (unpaired) electrons. The first kappa shape index (κ1) is 13.9. The van der Waals surface area contributed by atoms with Gasteiger partial charge >= 0.3 is 5.97 Å². The van der Waals surface area contributed by atoms with Gasteiger partial charge in [0.15, 0.2) is 0 Å². The lowest BCUT2D eigenvalue weighted by Crippen LogP contribution is -2.27. The molecule has 18 heavy (non-hydrogen) atoms. The number of methoxy groups -OCH3 is 1. The molecule has 0 aliphatic rings. The number of nitrogens with zero attached hydrogens (tertiary/aromatic N) is 2. The molecule has 0 aliphatic carbocycles. The second-order valence-electron chi connectivity index (χ2n) is 3.71. The van der Waals surface area contributed by atoms with Crippen LogP contribution < -0.4 is 0 Å². The highest BCUT2D eigenvalue weighted by Crippen LogP contribution is 2.00. The van der Waals surface area contributed by atoms with Crippen LogP contribution in [-0.2, 0) is 14.3 Å². The topological polar surface area (TPSA) is 59.5 Å². The standard InChI is InChI=1S/C13H16N2O3/c1-15(9-7-13(17)18-2)12(16)6-5-11-4-3-8-14-10-11/h3-6,8,10H,7,9H2,1-2H3/b6-5+. The zero-order valence-electron chi connectivity index (χ0n) is 10.5. The summed E-state index contributed by atoms with van der Waals surface area (Å²) >= 11 is 0. The SMILES string of the molecule is COC(=O)CCN(C)C(=O)/C=C/c1cccnc1. The molecule has 5 nitrogen and oxygen atoms in total. The van der Waals surface area contributed by atoms with Crippen LogP contribution in [0.5, 0.6) is 0 Å². The van der Waals surface area contributed by atoms with E-state index in [1.54, 1.807) is 31.6 Å². The van der Waals surface area contributed by atoms with Crippen molar-refractivity contribution in [1.82, 2.24) is 9.88 Å². The Balaban J connectivity index is 2.45. The van der Waals surface area contributed by atoms with Crippen LogP contribution in [0, 0.1) is 0 Å². The highest BCUT2D eigenvalue weighted by Gasteiger charge is 2.07. The maximum Gasteiger partial charge on any atom is 0.307 e. The lowest BCUT2D eigenvalue weighted by atomic mass is 10.2. The van der Waals surface area contributed by atoms with Gasteiger partial charge in [0.1, 0.15) is 0 Å². The minimum Gasteiger partial charge on any atom is -0.469 e. The van der Waals surface area contributed by atoms with Crippen LogP contribution in [0.15, 0.2) is 30.6 Å². The van der Waals surface area contributed by atoms with E-state index < -0.39 is 0 Å². The number of likely N-dealkylation sites (N-methyl/N-ethyl adjacent to an activating group) is 1. The lowest BCUT2D eigenvalue weighted by molar-refractivity contribution is -0.141. The fraction of sp³-hybridized carbons (Fsp3) is 0.308. The van der Waals surface area contributed by atoms with Crippen molar-refractivity contribution in [3.8, 4) is 0 Å². The number of carbonyl (C=O) groups excluding carboxylic acids is 2. The highest BCUT2D eigenvalue weighted by atomic mass is 16.5. The van der Waals surface area contributed by atoms with Crippen molar-refractivity contribution < 1.29 is 14.3 Å². The molecule has 1 aromatic rings. The van der Waals surface area contributed by atoms with E-state index in [0.29, 0.717) is 6.54 Å². The van der Waals surface area contributed by atoms with Gasteiger partial charge in [0.05, 0.1) is 13.5 Å². The molecule has 0 unspecified atom stereocenters. The monoisotopic (exact) mass is 248 g/mol. The smallest absolute Gasteiger partial charge is 0.307 e. The number of rotatable bonds is 5. The van der Waals surface area contributed by atoms with Crippen LogP contribution in [0.1, 0.15) is 12.0 Å². The summed E-state index contributed by atoms with van der Waals surface area (Å²) < 4.78 is 4.51. The van der Waals surface area contributed by atoms with Gasteiger partial charge in [-0.2, -0.15) is 0 Å². The Morgan fingerprint density at radius 3 is 2.89 bits per heavy atom. The number of esters is 1. The molecule has 1 heterocycles. The Morgan fingerprint density at radius 1 is 1.50 bits per heavy atom. The molecule has 1 aromatic heterocycles. The summed E-state index contributed by atoms with van der Waals surface area (Å²) in [7, 11) is 2.96. The second kappa shape index (κ2) is 7.21. The molecule has 0 N–H and O–H groups in total. The second-order valence-corrected chi connectivity index (χ2v) is 3.71. The van der Waals surface area contributed by atoms with Crippen molar-refractivity contribution in [3.05, 3.63) is 36.2 Å². The summed E-state index contributed by atoms with van der Waals surface area (Å²) in [5.41, 5.74) is 0.854. The average molecular weight is 248 g/mol. The molecule has 0 bridgehead atoms. The maximum atomic E-state index is 11.7. The Bertz CT molecular complexity index is 429. The van der Waals surface area contributed by atoms with E-state index in [1.165, 1.54) is 18.1 Å². The van der Waals surface area contributed by atoms with E-state index in [-0.39, 0.29) is 18.3 Å². The van der Waals surface area contributed by atoms with E-state index in [0.717, 1.165) is 5.56 Å². The Morgan fingerprint density at radius 2 is 2.28 bits per heavy atom. The number of hydrogen-bond acceptors (Lipinski definition) is 4.